The monoisotopic (exact) mass is 246 g/mol. The summed E-state index contributed by atoms with van der Waals surface area (Å²) in [6.07, 6.45) is 0. The van der Waals surface area contributed by atoms with Crippen LogP contribution in [0.3, 0.4) is 0 Å². The van der Waals surface area contributed by atoms with Crippen LogP contribution in [0.1, 0.15) is 17.3 Å². The average Bonchev–Trinajstić information content (AvgIpc) is 2.37. The standard InChI is InChI=1S/C13H14N2O3/c1-8(16)9-2-3-12-11(4-9)15-10(7-18-12)5-14-6-13(15)17/h2-4,10,14H,5-7H2,1H3. The van der Waals surface area contributed by atoms with Crippen molar-refractivity contribution in [1.29, 1.82) is 0 Å². The lowest BCUT2D eigenvalue weighted by Gasteiger charge is -2.40. The predicted molar refractivity (Wildman–Crippen MR) is 66.1 cm³/mol. The Bertz CT molecular complexity index is 527. The maximum Gasteiger partial charge on any atom is 0.241 e. The number of fused-ring (bicyclic) bond motifs is 3. The van der Waals surface area contributed by atoms with E-state index in [-0.39, 0.29) is 17.7 Å². The highest BCUT2D eigenvalue weighted by atomic mass is 16.5. The van der Waals surface area contributed by atoms with Crippen molar-refractivity contribution in [2.45, 2.75) is 13.0 Å². The number of carbonyl (C=O) groups excluding carboxylic acids is 2. The summed E-state index contributed by atoms with van der Waals surface area (Å²) in [5, 5.41) is 3.06. The molecule has 5 nitrogen and oxygen atoms in total. The number of piperazine rings is 1. The number of hydrogen-bond acceptors (Lipinski definition) is 4. The van der Waals surface area contributed by atoms with E-state index in [4.69, 9.17) is 4.74 Å². The SMILES string of the molecule is CC(=O)c1ccc2c(c1)N1C(=O)CNCC1CO2. The van der Waals surface area contributed by atoms with Crippen molar-refractivity contribution in [2.24, 2.45) is 0 Å². The Morgan fingerprint density at radius 2 is 2.33 bits per heavy atom. The van der Waals surface area contributed by atoms with Crippen LogP contribution in [0.15, 0.2) is 18.2 Å². The highest BCUT2D eigenvalue weighted by Gasteiger charge is 2.35. The van der Waals surface area contributed by atoms with E-state index in [1.807, 2.05) is 0 Å². The number of nitrogens with one attached hydrogen (secondary N) is 1. The zero-order chi connectivity index (χ0) is 12.7. The summed E-state index contributed by atoms with van der Waals surface area (Å²) < 4.78 is 5.63. The molecule has 0 bridgehead atoms. The largest absolute Gasteiger partial charge is 0.489 e. The van der Waals surface area contributed by atoms with Gasteiger partial charge in [-0.3, -0.25) is 9.59 Å². The molecule has 94 valence electrons. The summed E-state index contributed by atoms with van der Waals surface area (Å²) in [4.78, 5) is 25.2. The Morgan fingerprint density at radius 1 is 1.50 bits per heavy atom. The Hall–Kier alpha value is -1.88. The molecule has 0 radical (unpaired) electrons. The predicted octanol–water partition coefficient (Wildman–Crippen LogP) is 0.586. The molecule has 1 aromatic carbocycles. The van der Waals surface area contributed by atoms with E-state index in [1.165, 1.54) is 6.92 Å². The fraction of sp³-hybridized carbons (Fsp3) is 0.385. The van der Waals surface area contributed by atoms with E-state index in [2.05, 4.69) is 5.32 Å². The summed E-state index contributed by atoms with van der Waals surface area (Å²) in [6.45, 7) is 3.06. The highest BCUT2D eigenvalue weighted by Crippen LogP contribution is 2.35. The van der Waals surface area contributed by atoms with Gasteiger partial charge in [-0.25, -0.2) is 0 Å². The molecule has 1 fully saturated rings. The minimum atomic E-state index is -0.0116. The van der Waals surface area contributed by atoms with E-state index in [9.17, 15) is 9.59 Å². The van der Waals surface area contributed by atoms with Gasteiger partial charge in [0.1, 0.15) is 12.4 Å². The highest BCUT2D eigenvalue weighted by molar-refractivity contribution is 6.01. The van der Waals surface area contributed by atoms with Gasteiger partial charge >= 0.3 is 0 Å². The number of Topliss-reactive ketones (excluding diaryl/α,β-unsaturated/α-hetero) is 1. The van der Waals surface area contributed by atoms with E-state index in [0.717, 1.165) is 6.54 Å². The van der Waals surface area contributed by atoms with Gasteiger partial charge in [-0.2, -0.15) is 0 Å². The number of hydrogen-bond donors (Lipinski definition) is 1. The lowest BCUT2D eigenvalue weighted by molar-refractivity contribution is -0.119. The molecule has 1 aromatic rings. The number of nitrogens with zero attached hydrogens (tertiary/aromatic N) is 1. The van der Waals surface area contributed by atoms with Gasteiger partial charge in [0, 0.05) is 12.1 Å². The van der Waals surface area contributed by atoms with Crippen LogP contribution < -0.4 is 15.0 Å². The molecule has 1 saturated heterocycles. The van der Waals surface area contributed by atoms with Gasteiger partial charge in [-0.15, -0.1) is 0 Å². The quantitative estimate of drug-likeness (QED) is 0.737. The number of ether oxygens (including phenoxy) is 1. The molecule has 1 N–H and O–H groups in total. The zero-order valence-electron chi connectivity index (χ0n) is 10.1. The third-order valence-corrected chi connectivity index (χ3v) is 3.35. The van der Waals surface area contributed by atoms with Crippen molar-refractivity contribution >= 4 is 17.4 Å². The molecule has 18 heavy (non-hydrogen) atoms. The number of anilines is 1. The Kier molecular flexibility index (Phi) is 2.56. The topological polar surface area (TPSA) is 58.6 Å². The minimum absolute atomic E-state index is 0.0116. The lowest BCUT2D eigenvalue weighted by Crippen LogP contribution is -2.59. The number of ketones is 1. The second-order valence-electron chi connectivity index (χ2n) is 4.60. The number of carbonyl (C=O) groups is 2. The third kappa shape index (κ3) is 1.67. The molecule has 2 heterocycles. The molecule has 0 aliphatic carbocycles. The number of rotatable bonds is 1. The first-order valence-corrected chi connectivity index (χ1v) is 5.97. The summed E-state index contributed by atoms with van der Waals surface area (Å²) in [6, 6.07) is 5.25. The fourth-order valence-corrected chi connectivity index (χ4v) is 2.42. The van der Waals surface area contributed by atoms with Gasteiger partial charge in [0.25, 0.3) is 0 Å². The van der Waals surface area contributed by atoms with Crippen LogP contribution in [-0.2, 0) is 4.79 Å². The molecule has 0 saturated carbocycles. The van der Waals surface area contributed by atoms with Crippen molar-refractivity contribution < 1.29 is 14.3 Å². The van der Waals surface area contributed by atoms with Crippen molar-refractivity contribution in [2.75, 3.05) is 24.6 Å². The zero-order valence-corrected chi connectivity index (χ0v) is 10.1. The van der Waals surface area contributed by atoms with Crippen molar-refractivity contribution in [1.82, 2.24) is 5.32 Å². The van der Waals surface area contributed by atoms with Gasteiger partial charge in [0.15, 0.2) is 5.78 Å². The van der Waals surface area contributed by atoms with Crippen LogP contribution in [0.4, 0.5) is 5.69 Å². The second-order valence-corrected chi connectivity index (χ2v) is 4.60. The molecule has 5 heteroatoms. The van der Waals surface area contributed by atoms with Crippen LogP contribution >= 0.6 is 0 Å². The van der Waals surface area contributed by atoms with Crippen molar-refractivity contribution in [3.05, 3.63) is 23.8 Å². The van der Waals surface area contributed by atoms with Crippen LogP contribution in [0.25, 0.3) is 0 Å². The smallest absolute Gasteiger partial charge is 0.241 e. The van der Waals surface area contributed by atoms with E-state index >= 15 is 0 Å². The third-order valence-electron chi connectivity index (χ3n) is 3.35. The molecule has 1 unspecified atom stereocenters. The summed E-state index contributed by atoms with van der Waals surface area (Å²) in [5.41, 5.74) is 1.31. The van der Waals surface area contributed by atoms with Crippen LogP contribution in [0.2, 0.25) is 0 Å². The Balaban J connectivity index is 2.07. The average molecular weight is 246 g/mol. The number of amides is 1. The maximum absolute atomic E-state index is 12.0. The first-order chi connectivity index (χ1) is 8.66. The Labute approximate surface area is 105 Å². The molecule has 0 aromatic heterocycles. The van der Waals surface area contributed by atoms with Crippen LogP contribution in [0, 0.1) is 0 Å². The molecular formula is C13H14N2O3. The number of benzene rings is 1. The van der Waals surface area contributed by atoms with Crippen LogP contribution in [-0.4, -0.2) is 37.4 Å². The first-order valence-electron chi connectivity index (χ1n) is 5.97. The second kappa shape index (κ2) is 4.10. The van der Waals surface area contributed by atoms with Gasteiger partial charge in [0.2, 0.25) is 5.91 Å². The van der Waals surface area contributed by atoms with Gasteiger partial charge in [-0.05, 0) is 25.1 Å². The molecule has 1 amide bonds. The van der Waals surface area contributed by atoms with Gasteiger partial charge in [0.05, 0.1) is 18.3 Å². The van der Waals surface area contributed by atoms with E-state index in [0.29, 0.717) is 30.2 Å². The van der Waals surface area contributed by atoms with Crippen LogP contribution in [0.5, 0.6) is 5.75 Å². The minimum Gasteiger partial charge on any atom is -0.489 e. The molecule has 3 rings (SSSR count). The maximum atomic E-state index is 12.0. The molecule has 2 aliphatic heterocycles. The first kappa shape index (κ1) is 11.2. The summed E-state index contributed by atoms with van der Waals surface area (Å²) in [7, 11) is 0. The molecule has 0 spiro atoms. The lowest BCUT2D eigenvalue weighted by atomic mass is 10.1. The normalized spacial score (nSPS) is 21.9. The van der Waals surface area contributed by atoms with E-state index < -0.39 is 0 Å². The van der Waals surface area contributed by atoms with Gasteiger partial charge in [-0.1, -0.05) is 0 Å². The molecule has 2 aliphatic rings. The van der Waals surface area contributed by atoms with Gasteiger partial charge < -0.3 is 15.0 Å². The van der Waals surface area contributed by atoms with Crippen molar-refractivity contribution in [3.63, 3.8) is 0 Å². The Morgan fingerprint density at radius 3 is 3.11 bits per heavy atom. The fourth-order valence-electron chi connectivity index (χ4n) is 2.42. The van der Waals surface area contributed by atoms with E-state index in [1.54, 1.807) is 23.1 Å². The van der Waals surface area contributed by atoms with Crippen molar-refractivity contribution in [3.8, 4) is 5.75 Å². The summed E-state index contributed by atoms with van der Waals surface area (Å²) >= 11 is 0. The summed E-state index contributed by atoms with van der Waals surface area (Å²) in [5.74, 6) is 0.686. The molecular weight excluding hydrogens is 232 g/mol. The molecule has 1 atom stereocenters.